The minimum atomic E-state index is -0.276. The number of methoxy groups -OCH3 is 2. The quantitative estimate of drug-likeness (QED) is 0.377. The molecule has 0 aliphatic carbocycles. The zero-order valence-corrected chi connectivity index (χ0v) is 19.7. The standard InChI is InChI=1S/C27H30N2O5/c1-4-19-12-14-21(15-13-19)34-16-8-11-26(30)28-22-17-25(33-3)23(18-24(22)32-2)29-27(31)20-9-6-5-7-10-20/h5-7,9-10,12-15,17-18H,4,8,11,16H2,1-3H3,(H,28,30)(H,29,31). The molecule has 0 spiro atoms. The van der Waals surface area contributed by atoms with E-state index in [4.69, 9.17) is 14.2 Å². The molecule has 0 aliphatic rings. The summed E-state index contributed by atoms with van der Waals surface area (Å²) >= 11 is 0. The number of amides is 2. The smallest absolute Gasteiger partial charge is 0.255 e. The third-order valence-electron chi connectivity index (χ3n) is 5.23. The van der Waals surface area contributed by atoms with Crippen LogP contribution in [0.15, 0.2) is 66.7 Å². The Kier molecular flexibility index (Phi) is 8.91. The Balaban J connectivity index is 1.58. The van der Waals surface area contributed by atoms with Crippen molar-refractivity contribution >= 4 is 23.2 Å². The van der Waals surface area contributed by atoms with E-state index in [9.17, 15) is 9.59 Å². The zero-order valence-electron chi connectivity index (χ0n) is 19.7. The Morgan fingerprint density at radius 2 is 1.44 bits per heavy atom. The summed E-state index contributed by atoms with van der Waals surface area (Å²) in [7, 11) is 2.99. The first kappa shape index (κ1) is 24.6. The van der Waals surface area contributed by atoms with Crippen LogP contribution in [-0.2, 0) is 11.2 Å². The summed E-state index contributed by atoms with van der Waals surface area (Å²) in [5.41, 5.74) is 2.66. The first-order chi connectivity index (χ1) is 16.5. The number of carbonyl (C=O) groups is 2. The molecule has 0 heterocycles. The molecule has 0 radical (unpaired) electrons. The second kappa shape index (κ2) is 12.3. The van der Waals surface area contributed by atoms with Gasteiger partial charge in [-0.2, -0.15) is 0 Å². The Morgan fingerprint density at radius 3 is 2.03 bits per heavy atom. The van der Waals surface area contributed by atoms with E-state index in [1.165, 1.54) is 19.8 Å². The molecule has 3 aromatic carbocycles. The van der Waals surface area contributed by atoms with E-state index in [0.29, 0.717) is 41.5 Å². The van der Waals surface area contributed by atoms with Crippen molar-refractivity contribution in [3.05, 3.63) is 77.9 Å². The van der Waals surface area contributed by atoms with E-state index in [1.54, 1.807) is 36.4 Å². The van der Waals surface area contributed by atoms with Crippen LogP contribution in [0.25, 0.3) is 0 Å². The molecule has 0 atom stereocenters. The molecule has 178 valence electrons. The normalized spacial score (nSPS) is 10.3. The molecule has 0 aromatic heterocycles. The molecule has 0 saturated carbocycles. The van der Waals surface area contributed by atoms with Crippen LogP contribution in [0.3, 0.4) is 0 Å². The van der Waals surface area contributed by atoms with E-state index in [2.05, 4.69) is 17.6 Å². The number of benzene rings is 3. The number of nitrogens with one attached hydrogen (secondary N) is 2. The van der Waals surface area contributed by atoms with Crippen LogP contribution in [0.4, 0.5) is 11.4 Å². The van der Waals surface area contributed by atoms with Gasteiger partial charge < -0.3 is 24.8 Å². The zero-order chi connectivity index (χ0) is 24.3. The van der Waals surface area contributed by atoms with Crippen molar-refractivity contribution in [2.24, 2.45) is 0 Å². The van der Waals surface area contributed by atoms with Gasteiger partial charge in [0, 0.05) is 24.1 Å². The lowest BCUT2D eigenvalue weighted by molar-refractivity contribution is -0.116. The summed E-state index contributed by atoms with van der Waals surface area (Å²) in [4.78, 5) is 25.0. The SMILES string of the molecule is CCc1ccc(OCCCC(=O)Nc2cc(OC)c(NC(=O)c3ccccc3)cc2OC)cc1. The summed E-state index contributed by atoms with van der Waals surface area (Å²) in [5.74, 6) is 1.15. The molecule has 2 N–H and O–H groups in total. The summed E-state index contributed by atoms with van der Waals surface area (Å²) < 4.78 is 16.6. The third-order valence-corrected chi connectivity index (χ3v) is 5.23. The first-order valence-electron chi connectivity index (χ1n) is 11.2. The lowest BCUT2D eigenvalue weighted by Gasteiger charge is -2.16. The van der Waals surface area contributed by atoms with Crippen molar-refractivity contribution in [2.75, 3.05) is 31.5 Å². The molecular formula is C27H30N2O5. The fraction of sp³-hybridized carbons (Fsp3) is 0.259. The average Bonchev–Trinajstić information content (AvgIpc) is 2.88. The van der Waals surface area contributed by atoms with Gasteiger partial charge in [0.25, 0.3) is 5.91 Å². The Hall–Kier alpha value is -4.00. The maximum Gasteiger partial charge on any atom is 0.255 e. The maximum absolute atomic E-state index is 12.5. The highest BCUT2D eigenvalue weighted by Crippen LogP contribution is 2.36. The molecule has 7 heteroatoms. The van der Waals surface area contributed by atoms with Crippen molar-refractivity contribution in [1.29, 1.82) is 0 Å². The number of aryl methyl sites for hydroxylation is 1. The lowest BCUT2D eigenvalue weighted by atomic mass is 10.2. The largest absolute Gasteiger partial charge is 0.494 e. The van der Waals surface area contributed by atoms with Gasteiger partial charge in [-0.1, -0.05) is 37.3 Å². The van der Waals surface area contributed by atoms with E-state index in [-0.39, 0.29) is 18.2 Å². The van der Waals surface area contributed by atoms with Gasteiger partial charge in [0.1, 0.15) is 17.2 Å². The van der Waals surface area contributed by atoms with E-state index in [1.807, 2.05) is 30.3 Å². The van der Waals surface area contributed by atoms with Crippen molar-refractivity contribution < 1.29 is 23.8 Å². The van der Waals surface area contributed by atoms with Gasteiger partial charge in [-0.25, -0.2) is 0 Å². The average molecular weight is 463 g/mol. The van der Waals surface area contributed by atoms with Crippen LogP contribution in [-0.4, -0.2) is 32.6 Å². The van der Waals surface area contributed by atoms with Gasteiger partial charge >= 0.3 is 0 Å². The van der Waals surface area contributed by atoms with Crippen molar-refractivity contribution in [2.45, 2.75) is 26.2 Å². The Morgan fingerprint density at radius 1 is 0.824 bits per heavy atom. The van der Waals surface area contributed by atoms with Gasteiger partial charge in [-0.15, -0.1) is 0 Å². The van der Waals surface area contributed by atoms with Crippen LogP contribution in [0.1, 0.15) is 35.7 Å². The topological polar surface area (TPSA) is 85.9 Å². The number of ether oxygens (including phenoxy) is 3. The molecule has 34 heavy (non-hydrogen) atoms. The van der Waals surface area contributed by atoms with Gasteiger partial charge in [-0.3, -0.25) is 9.59 Å². The molecule has 0 bridgehead atoms. The van der Waals surface area contributed by atoms with Crippen LogP contribution in [0, 0.1) is 0 Å². The number of hydrogen-bond donors (Lipinski definition) is 2. The second-order valence-electron chi connectivity index (χ2n) is 7.57. The van der Waals surface area contributed by atoms with E-state index in [0.717, 1.165) is 12.2 Å². The molecule has 0 fully saturated rings. The summed E-state index contributed by atoms with van der Waals surface area (Å²) in [5, 5.41) is 5.67. The molecule has 2 amide bonds. The number of anilines is 2. The monoisotopic (exact) mass is 462 g/mol. The van der Waals surface area contributed by atoms with Gasteiger partial charge in [0.15, 0.2) is 0 Å². The Labute approximate surface area is 200 Å². The van der Waals surface area contributed by atoms with Gasteiger partial charge in [0.2, 0.25) is 5.91 Å². The van der Waals surface area contributed by atoms with Crippen LogP contribution in [0.2, 0.25) is 0 Å². The van der Waals surface area contributed by atoms with Crippen molar-refractivity contribution in [3.63, 3.8) is 0 Å². The predicted molar refractivity (Wildman–Crippen MR) is 133 cm³/mol. The molecule has 3 aromatic rings. The molecule has 3 rings (SSSR count). The Bertz CT molecular complexity index is 1100. The minimum absolute atomic E-state index is 0.175. The summed E-state index contributed by atoms with van der Waals surface area (Å²) in [6, 6.07) is 20.1. The van der Waals surface area contributed by atoms with Crippen LogP contribution in [0.5, 0.6) is 17.2 Å². The minimum Gasteiger partial charge on any atom is -0.494 e. The fourth-order valence-electron chi connectivity index (χ4n) is 3.33. The van der Waals surface area contributed by atoms with E-state index < -0.39 is 0 Å². The lowest BCUT2D eigenvalue weighted by Crippen LogP contribution is -2.15. The molecular weight excluding hydrogens is 432 g/mol. The summed E-state index contributed by atoms with van der Waals surface area (Å²) in [6.07, 6.45) is 1.83. The highest BCUT2D eigenvalue weighted by Gasteiger charge is 2.16. The van der Waals surface area contributed by atoms with E-state index >= 15 is 0 Å². The number of rotatable bonds is 11. The second-order valence-corrected chi connectivity index (χ2v) is 7.57. The molecule has 0 unspecified atom stereocenters. The van der Waals surface area contributed by atoms with Gasteiger partial charge in [0.05, 0.1) is 32.2 Å². The predicted octanol–water partition coefficient (Wildman–Crippen LogP) is 5.32. The molecule has 0 saturated heterocycles. The van der Waals surface area contributed by atoms with Crippen molar-refractivity contribution in [1.82, 2.24) is 0 Å². The third kappa shape index (κ3) is 6.75. The summed E-state index contributed by atoms with van der Waals surface area (Å²) in [6.45, 7) is 2.54. The number of carbonyl (C=O) groups excluding carboxylic acids is 2. The van der Waals surface area contributed by atoms with Crippen LogP contribution >= 0.6 is 0 Å². The highest BCUT2D eigenvalue weighted by atomic mass is 16.5. The van der Waals surface area contributed by atoms with Crippen LogP contribution < -0.4 is 24.8 Å². The fourth-order valence-corrected chi connectivity index (χ4v) is 3.33. The highest BCUT2D eigenvalue weighted by molar-refractivity contribution is 6.05. The maximum atomic E-state index is 12.5. The molecule has 0 aliphatic heterocycles. The molecule has 7 nitrogen and oxygen atoms in total. The van der Waals surface area contributed by atoms with Gasteiger partial charge in [-0.05, 0) is 42.7 Å². The first-order valence-corrected chi connectivity index (χ1v) is 11.2. The number of hydrogen-bond acceptors (Lipinski definition) is 5. The van der Waals surface area contributed by atoms with Crippen molar-refractivity contribution in [3.8, 4) is 17.2 Å².